The van der Waals surface area contributed by atoms with Crippen molar-refractivity contribution >= 4 is 11.8 Å². The Morgan fingerprint density at radius 3 is 2.84 bits per heavy atom. The van der Waals surface area contributed by atoms with Crippen molar-refractivity contribution in [3.63, 3.8) is 0 Å². The first-order chi connectivity index (χ1) is 9.29. The van der Waals surface area contributed by atoms with Crippen molar-refractivity contribution in [1.29, 1.82) is 0 Å². The topological polar surface area (TPSA) is 64.9 Å². The van der Waals surface area contributed by atoms with Crippen molar-refractivity contribution in [1.82, 2.24) is 10.1 Å². The standard InChI is InChI=1S/C14H19N3OS/c1-2-8-19-10-13-16-14(18-17-13)12(15)9-11-6-4-3-5-7-11/h3-7,12H,2,8-10,15H2,1H3. The van der Waals surface area contributed by atoms with Crippen LogP contribution in [0.5, 0.6) is 0 Å². The summed E-state index contributed by atoms with van der Waals surface area (Å²) in [6.45, 7) is 2.16. The van der Waals surface area contributed by atoms with Gasteiger partial charge in [-0.3, -0.25) is 0 Å². The van der Waals surface area contributed by atoms with Crippen molar-refractivity contribution in [3.8, 4) is 0 Å². The van der Waals surface area contributed by atoms with Gasteiger partial charge in [-0.2, -0.15) is 16.7 Å². The maximum absolute atomic E-state index is 6.09. The van der Waals surface area contributed by atoms with Gasteiger partial charge < -0.3 is 10.3 Å². The molecular weight excluding hydrogens is 258 g/mol. The van der Waals surface area contributed by atoms with Gasteiger partial charge in [0.25, 0.3) is 0 Å². The fourth-order valence-electron chi connectivity index (χ4n) is 1.74. The van der Waals surface area contributed by atoms with Crippen LogP contribution in [-0.4, -0.2) is 15.9 Å². The fourth-order valence-corrected chi connectivity index (χ4v) is 2.47. The zero-order valence-corrected chi connectivity index (χ0v) is 11.9. The van der Waals surface area contributed by atoms with Crippen LogP contribution in [0.1, 0.15) is 36.7 Å². The SMILES string of the molecule is CCCSCc1noc(C(N)Cc2ccccc2)n1. The summed E-state index contributed by atoms with van der Waals surface area (Å²) < 4.78 is 5.23. The molecule has 1 heterocycles. The molecule has 0 saturated carbocycles. The third-order valence-corrected chi connectivity index (χ3v) is 3.84. The van der Waals surface area contributed by atoms with Crippen LogP contribution in [0.25, 0.3) is 0 Å². The van der Waals surface area contributed by atoms with E-state index < -0.39 is 0 Å². The number of hydrogen-bond acceptors (Lipinski definition) is 5. The van der Waals surface area contributed by atoms with Crippen LogP contribution in [0.15, 0.2) is 34.9 Å². The van der Waals surface area contributed by atoms with Gasteiger partial charge in [0.2, 0.25) is 5.89 Å². The predicted octanol–water partition coefficient (Wildman–Crippen LogP) is 2.96. The van der Waals surface area contributed by atoms with E-state index in [9.17, 15) is 0 Å². The molecule has 0 spiro atoms. The number of benzene rings is 1. The lowest BCUT2D eigenvalue weighted by Crippen LogP contribution is -2.13. The summed E-state index contributed by atoms with van der Waals surface area (Å²) in [5.41, 5.74) is 7.27. The fraction of sp³-hybridized carbons (Fsp3) is 0.429. The van der Waals surface area contributed by atoms with Gasteiger partial charge in [-0.05, 0) is 24.2 Å². The van der Waals surface area contributed by atoms with Crippen LogP contribution in [0.3, 0.4) is 0 Å². The van der Waals surface area contributed by atoms with Gasteiger partial charge in [0.05, 0.1) is 11.8 Å². The molecule has 0 radical (unpaired) electrons. The Morgan fingerprint density at radius 2 is 2.11 bits per heavy atom. The summed E-state index contributed by atoms with van der Waals surface area (Å²) in [5, 5.41) is 3.96. The zero-order valence-electron chi connectivity index (χ0n) is 11.1. The monoisotopic (exact) mass is 277 g/mol. The Morgan fingerprint density at radius 1 is 1.32 bits per heavy atom. The molecule has 0 aliphatic heterocycles. The van der Waals surface area contributed by atoms with Crippen LogP contribution in [0, 0.1) is 0 Å². The molecular formula is C14H19N3OS. The van der Waals surface area contributed by atoms with Crippen LogP contribution >= 0.6 is 11.8 Å². The quantitative estimate of drug-likeness (QED) is 0.788. The second-order valence-corrected chi connectivity index (χ2v) is 5.50. The summed E-state index contributed by atoms with van der Waals surface area (Å²) in [6, 6.07) is 9.86. The normalized spacial score (nSPS) is 12.5. The summed E-state index contributed by atoms with van der Waals surface area (Å²) in [7, 11) is 0. The Labute approximate surface area is 117 Å². The lowest BCUT2D eigenvalue weighted by Gasteiger charge is -2.05. The third-order valence-electron chi connectivity index (χ3n) is 2.68. The second kappa shape index (κ2) is 7.31. The van der Waals surface area contributed by atoms with Crippen molar-refractivity contribution < 1.29 is 4.52 Å². The number of aromatic nitrogens is 2. The number of nitrogens with two attached hydrogens (primary N) is 1. The Kier molecular flexibility index (Phi) is 5.42. The average molecular weight is 277 g/mol. The molecule has 0 aliphatic carbocycles. The number of hydrogen-bond donors (Lipinski definition) is 1. The second-order valence-electron chi connectivity index (χ2n) is 4.40. The van der Waals surface area contributed by atoms with Gasteiger partial charge in [-0.15, -0.1) is 0 Å². The molecule has 102 valence electrons. The van der Waals surface area contributed by atoms with E-state index in [-0.39, 0.29) is 6.04 Å². The van der Waals surface area contributed by atoms with Crippen molar-refractivity contribution in [2.45, 2.75) is 31.6 Å². The van der Waals surface area contributed by atoms with Gasteiger partial charge in [0.15, 0.2) is 5.82 Å². The molecule has 0 amide bonds. The highest BCUT2D eigenvalue weighted by Crippen LogP contribution is 2.16. The Bertz CT molecular complexity index is 486. The van der Waals surface area contributed by atoms with E-state index in [0.29, 0.717) is 12.3 Å². The predicted molar refractivity (Wildman–Crippen MR) is 77.8 cm³/mol. The first-order valence-corrected chi connectivity index (χ1v) is 7.64. The maximum Gasteiger partial charge on any atom is 0.243 e. The van der Waals surface area contributed by atoms with Crippen molar-refractivity contribution in [2.75, 3.05) is 5.75 Å². The molecule has 2 N–H and O–H groups in total. The van der Waals surface area contributed by atoms with Gasteiger partial charge in [0, 0.05) is 0 Å². The zero-order chi connectivity index (χ0) is 13.5. The van der Waals surface area contributed by atoms with Gasteiger partial charge in [0.1, 0.15) is 0 Å². The number of nitrogens with zero attached hydrogens (tertiary/aromatic N) is 2. The molecule has 0 saturated heterocycles. The molecule has 5 heteroatoms. The molecule has 19 heavy (non-hydrogen) atoms. The molecule has 0 bridgehead atoms. The first kappa shape index (κ1) is 14.1. The van der Waals surface area contributed by atoms with E-state index in [2.05, 4.69) is 17.1 Å². The van der Waals surface area contributed by atoms with E-state index >= 15 is 0 Å². The smallest absolute Gasteiger partial charge is 0.243 e. The van der Waals surface area contributed by atoms with E-state index in [4.69, 9.17) is 10.3 Å². The molecule has 1 aromatic heterocycles. The minimum absolute atomic E-state index is 0.236. The van der Waals surface area contributed by atoms with E-state index in [0.717, 1.165) is 23.8 Å². The van der Waals surface area contributed by atoms with E-state index in [1.54, 1.807) is 0 Å². The van der Waals surface area contributed by atoms with Gasteiger partial charge >= 0.3 is 0 Å². The molecule has 0 aliphatic rings. The van der Waals surface area contributed by atoms with Crippen molar-refractivity contribution in [2.24, 2.45) is 5.73 Å². The van der Waals surface area contributed by atoms with Crippen LogP contribution in [0.4, 0.5) is 0 Å². The van der Waals surface area contributed by atoms with Crippen LogP contribution in [0.2, 0.25) is 0 Å². The minimum atomic E-state index is -0.236. The van der Waals surface area contributed by atoms with Crippen molar-refractivity contribution in [3.05, 3.63) is 47.6 Å². The highest BCUT2D eigenvalue weighted by atomic mass is 32.2. The average Bonchev–Trinajstić information content (AvgIpc) is 2.89. The van der Waals surface area contributed by atoms with E-state index in [1.807, 2.05) is 42.1 Å². The molecule has 2 aromatic rings. The van der Waals surface area contributed by atoms with Crippen LogP contribution < -0.4 is 5.73 Å². The highest BCUT2D eigenvalue weighted by Gasteiger charge is 2.15. The lowest BCUT2D eigenvalue weighted by atomic mass is 10.1. The molecule has 4 nitrogen and oxygen atoms in total. The molecule has 2 rings (SSSR count). The largest absolute Gasteiger partial charge is 0.338 e. The molecule has 1 atom stereocenters. The molecule has 0 fully saturated rings. The Hall–Kier alpha value is -1.33. The number of rotatable bonds is 7. The first-order valence-electron chi connectivity index (χ1n) is 6.49. The highest BCUT2D eigenvalue weighted by molar-refractivity contribution is 7.98. The molecule has 1 unspecified atom stereocenters. The lowest BCUT2D eigenvalue weighted by molar-refractivity contribution is 0.351. The summed E-state index contributed by atoms with van der Waals surface area (Å²) in [4.78, 5) is 4.35. The van der Waals surface area contributed by atoms with E-state index in [1.165, 1.54) is 5.56 Å². The minimum Gasteiger partial charge on any atom is -0.338 e. The summed E-state index contributed by atoms with van der Waals surface area (Å²) in [5.74, 6) is 3.16. The van der Waals surface area contributed by atoms with Gasteiger partial charge in [-0.1, -0.05) is 42.4 Å². The van der Waals surface area contributed by atoms with Gasteiger partial charge in [-0.25, -0.2) is 0 Å². The molecule has 1 aromatic carbocycles. The van der Waals surface area contributed by atoms with Crippen LogP contribution in [-0.2, 0) is 12.2 Å². The third kappa shape index (κ3) is 4.36. The summed E-state index contributed by atoms with van der Waals surface area (Å²) >= 11 is 1.81. The number of thioether (sulfide) groups is 1. The summed E-state index contributed by atoms with van der Waals surface area (Å²) in [6.07, 6.45) is 1.87. The Balaban J connectivity index is 1.90. The maximum atomic E-state index is 6.09.